The van der Waals surface area contributed by atoms with Crippen molar-refractivity contribution in [2.75, 3.05) is 14.1 Å². The zero-order valence-electron chi connectivity index (χ0n) is 10.3. The van der Waals surface area contributed by atoms with Crippen molar-refractivity contribution in [1.82, 2.24) is 14.3 Å². The Labute approximate surface area is 122 Å². The minimum absolute atomic E-state index is 0.189. The van der Waals surface area contributed by atoms with Crippen LogP contribution < -0.4 is 4.74 Å². The van der Waals surface area contributed by atoms with E-state index in [1.807, 2.05) is 0 Å². The van der Waals surface area contributed by atoms with Crippen LogP contribution in [0.15, 0.2) is 5.16 Å². The number of nitrogens with zero attached hydrogens (tertiary/aromatic N) is 3. The lowest BCUT2D eigenvalue weighted by Gasteiger charge is -2.22. The number of aromatic nitrogens is 2. The molecule has 13 heteroatoms. The van der Waals surface area contributed by atoms with E-state index in [-0.39, 0.29) is 16.7 Å². The molecule has 1 amide bonds. The Hall–Kier alpha value is -1.24. The molecule has 0 saturated heterocycles. The first-order valence-corrected chi connectivity index (χ1v) is 6.53. The molecule has 5 nitrogen and oxygen atoms in total. The third kappa shape index (κ3) is 5.22. The molecular weight excluding hydrogens is 348 g/mol. The summed E-state index contributed by atoms with van der Waals surface area (Å²) in [5, 5.41) is -1.76. The second-order valence-electron chi connectivity index (χ2n) is 3.69. The molecule has 1 aromatic heterocycles. The largest absolute Gasteiger partial charge is 0.446 e. The van der Waals surface area contributed by atoms with Crippen LogP contribution in [-0.4, -0.2) is 52.0 Å². The quantitative estimate of drug-likeness (QED) is 0.616. The highest BCUT2D eigenvalue weighted by Gasteiger charge is 2.59. The number of thioether (sulfide) groups is 1. The molecular formula is C8H7F6N3O2S2. The van der Waals surface area contributed by atoms with Crippen molar-refractivity contribution in [2.45, 2.75) is 23.6 Å². The fourth-order valence-corrected chi connectivity index (χ4v) is 2.13. The van der Waals surface area contributed by atoms with Gasteiger partial charge in [-0.05, 0) is 0 Å². The van der Waals surface area contributed by atoms with Gasteiger partial charge in [-0.3, -0.25) is 4.79 Å². The predicted octanol–water partition coefficient (Wildman–Crippen LogP) is 3.18. The monoisotopic (exact) mass is 355 g/mol. The summed E-state index contributed by atoms with van der Waals surface area (Å²) in [6.07, 6.45) is -15.3. The molecule has 0 bridgehead atoms. The molecule has 0 saturated carbocycles. The molecule has 0 aliphatic rings. The normalized spacial score (nSPS) is 12.6. The third-order valence-corrected chi connectivity index (χ3v) is 3.37. The zero-order chi connectivity index (χ0) is 16.4. The molecule has 1 heterocycles. The molecule has 0 aliphatic heterocycles. The molecule has 0 aliphatic carbocycles. The highest BCUT2D eigenvalue weighted by atomic mass is 32.2. The Morgan fingerprint density at radius 3 is 2.19 bits per heavy atom. The summed E-state index contributed by atoms with van der Waals surface area (Å²) in [5.74, 6) is 0. The minimum Gasteiger partial charge on any atom is -0.446 e. The van der Waals surface area contributed by atoms with E-state index in [0.29, 0.717) is 11.8 Å². The number of rotatable bonds is 3. The van der Waals surface area contributed by atoms with Gasteiger partial charge in [-0.25, -0.2) is 0 Å². The highest BCUT2D eigenvalue weighted by molar-refractivity contribution is 8.13. The van der Waals surface area contributed by atoms with E-state index in [9.17, 15) is 31.1 Å². The lowest BCUT2D eigenvalue weighted by molar-refractivity contribution is -0.299. The second-order valence-corrected chi connectivity index (χ2v) is 5.32. The van der Waals surface area contributed by atoms with E-state index in [1.54, 1.807) is 0 Å². The number of alkyl halides is 6. The summed E-state index contributed by atoms with van der Waals surface area (Å²) in [4.78, 5) is 15.7. The van der Waals surface area contributed by atoms with Gasteiger partial charge in [0.15, 0.2) is 0 Å². The Bertz CT molecular complexity index is 487. The van der Waals surface area contributed by atoms with E-state index in [2.05, 4.69) is 14.1 Å². The zero-order valence-corrected chi connectivity index (χ0v) is 12.0. The Balaban J connectivity index is 2.83. The van der Waals surface area contributed by atoms with Gasteiger partial charge in [-0.15, -0.1) is 0 Å². The summed E-state index contributed by atoms with van der Waals surface area (Å²) >= 11 is 0.636. The number of ether oxygens (including phenoxy) is 1. The molecule has 1 aromatic rings. The molecule has 0 N–H and O–H groups in total. The second kappa shape index (κ2) is 6.25. The van der Waals surface area contributed by atoms with Crippen LogP contribution in [0.3, 0.4) is 0 Å². The fourth-order valence-electron chi connectivity index (χ4n) is 0.876. The van der Waals surface area contributed by atoms with Gasteiger partial charge in [-0.2, -0.15) is 35.7 Å². The standard InChI is InChI=1S/C8H7F6N3O2S2/c1-17(2)6(18)20-4-15-5(21-16-4)19-3(7(9,10)11)8(12,13)14/h3H,1-2H3. The molecule has 21 heavy (non-hydrogen) atoms. The maximum atomic E-state index is 12.3. The molecule has 0 atom stereocenters. The van der Waals surface area contributed by atoms with Crippen molar-refractivity contribution < 1.29 is 35.9 Å². The molecule has 0 aromatic carbocycles. The number of carbonyl (C=O) groups is 1. The maximum absolute atomic E-state index is 12.3. The first-order chi connectivity index (χ1) is 9.41. The van der Waals surface area contributed by atoms with Crippen molar-refractivity contribution >= 4 is 28.5 Å². The SMILES string of the molecule is CN(C)C(=O)Sc1nsc(OC(C(F)(F)F)C(F)(F)F)n1. The van der Waals surface area contributed by atoms with Crippen LogP contribution in [0.5, 0.6) is 5.19 Å². The van der Waals surface area contributed by atoms with Gasteiger partial charge in [0, 0.05) is 37.4 Å². The summed E-state index contributed by atoms with van der Waals surface area (Å²) in [5.41, 5.74) is 0. The Morgan fingerprint density at radius 1 is 1.24 bits per heavy atom. The van der Waals surface area contributed by atoms with E-state index in [4.69, 9.17) is 0 Å². The van der Waals surface area contributed by atoms with Gasteiger partial charge < -0.3 is 9.64 Å². The average molecular weight is 355 g/mol. The van der Waals surface area contributed by atoms with Crippen molar-refractivity contribution in [3.8, 4) is 5.19 Å². The van der Waals surface area contributed by atoms with Gasteiger partial charge in [0.2, 0.25) is 5.16 Å². The van der Waals surface area contributed by atoms with Crippen LogP contribution in [0.1, 0.15) is 0 Å². The van der Waals surface area contributed by atoms with Crippen LogP contribution in [0.25, 0.3) is 0 Å². The van der Waals surface area contributed by atoms with E-state index < -0.39 is 28.9 Å². The van der Waals surface area contributed by atoms with Crippen LogP contribution in [-0.2, 0) is 0 Å². The third-order valence-electron chi connectivity index (χ3n) is 1.75. The van der Waals surface area contributed by atoms with Crippen LogP contribution in [0.2, 0.25) is 0 Å². The van der Waals surface area contributed by atoms with Crippen LogP contribution >= 0.6 is 23.3 Å². The van der Waals surface area contributed by atoms with E-state index >= 15 is 0 Å². The number of hydrogen-bond acceptors (Lipinski definition) is 6. The Morgan fingerprint density at radius 2 is 1.76 bits per heavy atom. The first-order valence-electron chi connectivity index (χ1n) is 4.94. The van der Waals surface area contributed by atoms with Crippen molar-refractivity contribution in [3.05, 3.63) is 0 Å². The summed E-state index contributed by atoms with van der Waals surface area (Å²) in [7, 11) is 2.81. The lowest BCUT2D eigenvalue weighted by atomic mass is 10.3. The fraction of sp³-hybridized carbons (Fsp3) is 0.625. The van der Waals surface area contributed by atoms with Gasteiger partial charge in [0.25, 0.3) is 16.5 Å². The van der Waals surface area contributed by atoms with Crippen molar-refractivity contribution in [1.29, 1.82) is 0 Å². The number of halogens is 6. The number of amides is 1. The molecule has 0 unspecified atom stereocenters. The molecule has 1 rings (SSSR count). The van der Waals surface area contributed by atoms with Crippen molar-refractivity contribution in [2.24, 2.45) is 0 Å². The molecule has 120 valence electrons. The van der Waals surface area contributed by atoms with Gasteiger partial charge >= 0.3 is 12.4 Å². The summed E-state index contributed by atoms with van der Waals surface area (Å²) < 4.78 is 80.9. The lowest BCUT2D eigenvalue weighted by Crippen LogP contribution is -2.46. The minimum atomic E-state index is -5.64. The highest BCUT2D eigenvalue weighted by Crippen LogP contribution is 2.37. The summed E-state index contributed by atoms with van der Waals surface area (Å²) in [6, 6.07) is 0. The summed E-state index contributed by atoms with van der Waals surface area (Å²) in [6.45, 7) is 0. The Kier molecular flexibility index (Phi) is 5.30. The van der Waals surface area contributed by atoms with E-state index in [0.717, 1.165) is 4.90 Å². The topological polar surface area (TPSA) is 55.3 Å². The van der Waals surface area contributed by atoms with Gasteiger partial charge in [0.05, 0.1) is 0 Å². The average Bonchev–Trinajstić information content (AvgIpc) is 2.70. The van der Waals surface area contributed by atoms with E-state index in [1.165, 1.54) is 14.1 Å². The predicted molar refractivity (Wildman–Crippen MR) is 61.4 cm³/mol. The van der Waals surface area contributed by atoms with Crippen LogP contribution in [0.4, 0.5) is 31.1 Å². The number of carbonyl (C=O) groups excluding carboxylic acids is 1. The first kappa shape index (κ1) is 17.8. The molecule has 0 fully saturated rings. The smallest absolute Gasteiger partial charge is 0.434 e. The van der Waals surface area contributed by atoms with Gasteiger partial charge in [-0.1, -0.05) is 0 Å². The number of hydrogen-bond donors (Lipinski definition) is 0. The van der Waals surface area contributed by atoms with Gasteiger partial charge in [0.1, 0.15) is 0 Å². The maximum Gasteiger partial charge on any atom is 0.434 e. The van der Waals surface area contributed by atoms with Crippen molar-refractivity contribution in [3.63, 3.8) is 0 Å². The van der Waals surface area contributed by atoms with Crippen LogP contribution in [0, 0.1) is 0 Å². The molecule has 0 radical (unpaired) electrons. The molecule has 0 spiro atoms.